The van der Waals surface area contributed by atoms with Gasteiger partial charge in [-0.2, -0.15) is 11.8 Å². The van der Waals surface area contributed by atoms with E-state index in [1.165, 1.54) is 40.1 Å². The van der Waals surface area contributed by atoms with Gasteiger partial charge in [-0.1, -0.05) is 11.8 Å². The third-order valence-electron chi connectivity index (χ3n) is 5.66. The van der Waals surface area contributed by atoms with Gasteiger partial charge in [0.1, 0.15) is 17.1 Å². The Labute approximate surface area is 239 Å². The molecule has 0 aliphatic carbocycles. The summed E-state index contributed by atoms with van der Waals surface area (Å²) in [7, 11) is 0. The Morgan fingerprint density at radius 3 is 2.90 bits per heavy atom. The summed E-state index contributed by atoms with van der Waals surface area (Å²) in [6.45, 7) is 1.96. The summed E-state index contributed by atoms with van der Waals surface area (Å²) in [4.78, 5) is 64.1. The number of carboxylic acid groups (broad SMARTS) is 1. The molecule has 1 saturated heterocycles. The average Bonchev–Trinajstić information content (AvgIpc) is 3.34. The molecule has 2 aromatic heterocycles. The zero-order chi connectivity index (χ0) is 28.1. The summed E-state index contributed by atoms with van der Waals surface area (Å²) in [6, 6.07) is -0.606. The Hall–Kier alpha value is -3.15. The molecule has 0 spiro atoms. The zero-order valence-electron chi connectivity index (χ0n) is 20.4. The molecule has 2 aliphatic rings. The van der Waals surface area contributed by atoms with Crippen molar-refractivity contribution in [3.05, 3.63) is 50.6 Å². The van der Waals surface area contributed by atoms with Crippen molar-refractivity contribution in [2.24, 2.45) is 15.9 Å². The second kappa shape index (κ2) is 12.8. The van der Waals surface area contributed by atoms with Gasteiger partial charge in [-0.25, -0.2) is 9.78 Å². The standard InChI is InChI=1S/C22H24N8O5S4/c1-10(26-9-23)5-36-6-11-4-25-3-2-13(11)39-14-8-37-20-16(19(32)30(20)17(14)21(33)34)28-18(31)15(29-35)12-7-38-22(24)27-12/h2-4,7,9-10,15-16,20H,5-6,8H2,1H3,(H2,23,26)(H2,24,27)(H,28,31)(H,33,34)/t10?,15?,16-,20+/m1/s1. The van der Waals surface area contributed by atoms with Crippen molar-refractivity contribution in [3.63, 3.8) is 0 Å². The highest BCUT2D eigenvalue weighted by atomic mass is 32.2. The van der Waals surface area contributed by atoms with Crippen LogP contribution in [0.5, 0.6) is 0 Å². The molecule has 4 atom stereocenters. The first-order valence-electron chi connectivity index (χ1n) is 11.4. The molecule has 1 fully saturated rings. The highest BCUT2D eigenvalue weighted by Gasteiger charge is 2.54. The number of thioether (sulfide) groups is 3. The largest absolute Gasteiger partial charge is 0.477 e. The second-order valence-electron chi connectivity index (χ2n) is 8.34. The van der Waals surface area contributed by atoms with Gasteiger partial charge in [0.05, 0.1) is 18.1 Å². The molecule has 0 saturated carbocycles. The lowest BCUT2D eigenvalue weighted by atomic mass is 10.0. The number of nitroso groups, excluding NO2 is 1. The zero-order valence-corrected chi connectivity index (χ0v) is 23.7. The first-order chi connectivity index (χ1) is 18.7. The summed E-state index contributed by atoms with van der Waals surface area (Å²) >= 11 is 5.31. The summed E-state index contributed by atoms with van der Waals surface area (Å²) in [5.41, 5.74) is 11.8. The van der Waals surface area contributed by atoms with Gasteiger partial charge in [-0.15, -0.1) is 28.0 Å². The molecule has 0 bridgehead atoms. The van der Waals surface area contributed by atoms with E-state index in [9.17, 15) is 24.4 Å². The molecule has 0 aromatic carbocycles. The molecule has 4 heterocycles. The lowest BCUT2D eigenvalue weighted by Crippen LogP contribution is -2.70. The number of hydrogen-bond donors (Lipinski definition) is 4. The molecule has 6 N–H and O–H groups in total. The van der Waals surface area contributed by atoms with E-state index in [2.05, 4.69) is 25.5 Å². The smallest absolute Gasteiger partial charge is 0.353 e. The number of aliphatic imine (C=N–C) groups is 1. The third-order valence-corrected chi connectivity index (χ3v) is 10.2. The molecule has 2 aliphatic heterocycles. The topological polar surface area (TPSA) is 206 Å². The van der Waals surface area contributed by atoms with E-state index in [1.807, 2.05) is 13.0 Å². The van der Waals surface area contributed by atoms with Gasteiger partial charge in [0, 0.05) is 44.8 Å². The number of nitrogens with zero attached hydrogens (tertiary/aromatic N) is 5. The van der Waals surface area contributed by atoms with E-state index in [0.717, 1.165) is 27.5 Å². The van der Waals surface area contributed by atoms with Crippen LogP contribution in [-0.4, -0.2) is 73.1 Å². The van der Waals surface area contributed by atoms with Crippen molar-refractivity contribution < 1.29 is 19.5 Å². The number of hydrogen-bond acceptors (Lipinski definition) is 13. The van der Waals surface area contributed by atoms with Crippen LogP contribution in [0.3, 0.4) is 0 Å². The van der Waals surface area contributed by atoms with Crippen LogP contribution in [0, 0.1) is 4.91 Å². The lowest BCUT2D eigenvalue weighted by molar-refractivity contribution is -0.150. The van der Waals surface area contributed by atoms with Crippen LogP contribution < -0.4 is 16.8 Å². The van der Waals surface area contributed by atoms with Gasteiger partial charge in [0.25, 0.3) is 11.8 Å². The number of carbonyl (C=O) groups is 3. The molecule has 2 aromatic rings. The Morgan fingerprint density at radius 1 is 1.44 bits per heavy atom. The molecule has 0 radical (unpaired) electrons. The van der Waals surface area contributed by atoms with Crippen LogP contribution >= 0.6 is 46.6 Å². The molecule has 17 heteroatoms. The van der Waals surface area contributed by atoms with Gasteiger partial charge in [0.15, 0.2) is 5.13 Å². The van der Waals surface area contributed by atoms with Crippen molar-refractivity contribution >= 4 is 75.9 Å². The highest BCUT2D eigenvalue weighted by Crippen LogP contribution is 2.46. The number of thiazole rings is 1. The molecule has 13 nitrogen and oxygen atoms in total. The minimum absolute atomic E-state index is 0.0591. The number of nitrogens with one attached hydrogen (secondary N) is 1. The van der Waals surface area contributed by atoms with Crippen LogP contribution in [0.15, 0.2) is 49.5 Å². The molecule has 206 valence electrons. The van der Waals surface area contributed by atoms with Crippen LogP contribution in [0.2, 0.25) is 0 Å². The number of nitrogens with two attached hydrogens (primary N) is 2. The van der Waals surface area contributed by atoms with E-state index in [4.69, 9.17) is 11.5 Å². The lowest BCUT2D eigenvalue weighted by Gasteiger charge is -2.49. The molecule has 39 heavy (non-hydrogen) atoms. The number of aliphatic carboxylic acids is 1. The van der Waals surface area contributed by atoms with Crippen LogP contribution in [0.4, 0.5) is 5.13 Å². The van der Waals surface area contributed by atoms with E-state index < -0.39 is 35.2 Å². The van der Waals surface area contributed by atoms with Gasteiger partial charge >= 0.3 is 5.97 Å². The number of aromatic nitrogens is 2. The number of anilines is 1. The predicted octanol–water partition coefficient (Wildman–Crippen LogP) is 2.02. The Bertz CT molecular complexity index is 1340. The first kappa shape index (κ1) is 28.8. The number of fused-ring (bicyclic) bond motifs is 1. The average molecular weight is 609 g/mol. The molecule has 2 unspecified atom stereocenters. The number of carbonyl (C=O) groups excluding carboxylic acids is 2. The van der Waals surface area contributed by atoms with Gasteiger partial charge in [-0.05, 0) is 23.7 Å². The predicted molar refractivity (Wildman–Crippen MR) is 153 cm³/mol. The fraction of sp³-hybridized carbons (Fsp3) is 0.364. The van der Waals surface area contributed by atoms with Crippen molar-refractivity contribution in [1.82, 2.24) is 20.2 Å². The Morgan fingerprint density at radius 2 is 2.23 bits per heavy atom. The quantitative estimate of drug-likeness (QED) is 0.118. The van der Waals surface area contributed by atoms with Crippen molar-refractivity contribution in [2.45, 2.75) is 41.1 Å². The Kier molecular flexibility index (Phi) is 9.47. The summed E-state index contributed by atoms with van der Waals surface area (Å²) in [5, 5.41) is 16.4. The van der Waals surface area contributed by atoms with Crippen LogP contribution in [-0.2, 0) is 20.1 Å². The maximum atomic E-state index is 13.0. The van der Waals surface area contributed by atoms with E-state index >= 15 is 0 Å². The molecule has 4 rings (SSSR count). The maximum absolute atomic E-state index is 13.0. The minimum atomic E-state index is -1.47. The van der Waals surface area contributed by atoms with Gasteiger partial charge in [-0.3, -0.25) is 24.5 Å². The number of carboxylic acids is 1. The molecule has 2 amide bonds. The monoisotopic (exact) mass is 608 g/mol. The highest BCUT2D eigenvalue weighted by molar-refractivity contribution is 8.06. The van der Waals surface area contributed by atoms with Crippen molar-refractivity contribution in [3.8, 4) is 0 Å². The van der Waals surface area contributed by atoms with E-state index in [-0.39, 0.29) is 22.6 Å². The summed E-state index contributed by atoms with van der Waals surface area (Å²) in [5.74, 6) is -0.941. The minimum Gasteiger partial charge on any atom is -0.477 e. The summed E-state index contributed by atoms with van der Waals surface area (Å²) in [6.07, 6.45) is 4.65. The van der Waals surface area contributed by atoms with Gasteiger partial charge in [0.2, 0.25) is 6.04 Å². The van der Waals surface area contributed by atoms with E-state index in [1.54, 1.807) is 24.2 Å². The second-order valence-corrected chi connectivity index (χ2v) is 12.5. The van der Waals surface area contributed by atoms with Crippen LogP contribution in [0.25, 0.3) is 0 Å². The van der Waals surface area contributed by atoms with Crippen LogP contribution in [0.1, 0.15) is 24.2 Å². The maximum Gasteiger partial charge on any atom is 0.353 e. The van der Waals surface area contributed by atoms with Crippen molar-refractivity contribution in [2.75, 3.05) is 17.2 Å². The molecular formula is C22H24N8O5S4. The fourth-order valence-corrected chi connectivity index (χ4v) is 8.08. The summed E-state index contributed by atoms with van der Waals surface area (Å²) < 4.78 is 0. The number of β-lactam (4-membered cyclic amide) rings is 1. The number of nitrogen functional groups attached to an aromatic ring is 1. The molecular weight excluding hydrogens is 585 g/mol. The first-order valence-corrected chi connectivity index (χ1v) is 15.3. The van der Waals surface area contributed by atoms with Crippen molar-refractivity contribution in [1.29, 1.82) is 0 Å². The van der Waals surface area contributed by atoms with Gasteiger partial charge < -0.3 is 21.9 Å². The number of rotatable bonds is 12. The third kappa shape index (κ3) is 6.37. The number of pyridine rings is 1. The number of amides is 2. The Balaban J connectivity index is 1.48. The SMILES string of the molecule is CC(CSCc1cnccc1SC1=C(C(=O)O)N2C(=O)[C@@H](NC(=O)C(N=O)c3csc(N)n3)[C@@H]2SC1)N=CN. The van der Waals surface area contributed by atoms with E-state index in [0.29, 0.717) is 16.4 Å². The normalized spacial score (nSPS) is 20.3. The fourth-order valence-electron chi connectivity index (χ4n) is 3.85.